The molecule has 1 fully saturated rings. The number of carbonyl (C=O) groups is 1. The molecule has 0 bridgehead atoms. The van der Waals surface area contributed by atoms with Crippen LogP contribution in [0.25, 0.3) is 0 Å². The van der Waals surface area contributed by atoms with Crippen LogP contribution in [0.5, 0.6) is 0 Å². The van der Waals surface area contributed by atoms with Crippen molar-refractivity contribution in [3.05, 3.63) is 29.6 Å². The second-order valence-electron chi connectivity index (χ2n) is 4.99. The van der Waals surface area contributed by atoms with Crippen molar-refractivity contribution in [1.82, 2.24) is 9.88 Å². The van der Waals surface area contributed by atoms with Crippen LogP contribution >= 0.6 is 0 Å². The van der Waals surface area contributed by atoms with Crippen molar-refractivity contribution in [3.8, 4) is 6.07 Å². The zero-order valence-electron chi connectivity index (χ0n) is 10.8. The lowest BCUT2D eigenvalue weighted by Gasteiger charge is -2.16. The number of nitrogens with zero attached hydrogens (tertiary/aromatic N) is 3. The van der Waals surface area contributed by atoms with Crippen LogP contribution in [0.1, 0.15) is 42.2 Å². The van der Waals surface area contributed by atoms with Crippen molar-refractivity contribution in [2.45, 2.75) is 26.2 Å². The third-order valence-electron chi connectivity index (χ3n) is 3.28. The number of pyridine rings is 1. The number of hydrogen-bond acceptors (Lipinski definition) is 3. The molecule has 94 valence electrons. The van der Waals surface area contributed by atoms with Gasteiger partial charge in [0.2, 0.25) is 0 Å². The maximum Gasteiger partial charge on any atom is 0.254 e. The number of nitriles is 1. The molecule has 1 saturated heterocycles. The average molecular weight is 243 g/mol. The summed E-state index contributed by atoms with van der Waals surface area (Å²) in [6.07, 6.45) is 2.46. The van der Waals surface area contributed by atoms with Crippen molar-refractivity contribution in [2.24, 2.45) is 5.92 Å². The van der Waals surface area contributed by atoms with E-state index in [1.807, 2.05) is 6.07 Å². The van der Waals surface area contributed by atoms with Crippen LogP contribution in [0, 0.1) is 17.2 Å². The number of likely N-dealkylation sites (tertiary alicyclic amines) is 1. The SMILES string of the molecule is CC(C)c1cc(C(=O)N2CCC(C#N)C2)ccn1. The zero-order chi connectivity index (χ0) is 13.1. The van der Waals surface area contributed by atoms with E-state index in [1.54, 1.807) is 17.2 Å². The maximum absolute atomic E-state index is 12.3. The number of carbonyl (C=O) groups excluding carboxylic acids is 1. The molecule has 0 N–H and O–H groups in total. The summed E-state index contributed by atoms with van der Waals surface area (Å²) in [4.78, 5) is 18.3. The van der Waals surface area contributed by atoms with E-state index in [-0.39, 0.29) is 11.8 Å². The zero-order valence-corrected chi connectivity index (χ0v) is 10.8. The molecule has 1 atom stereocenters. The van der Waals surface area contributed by atoms with Gasteiger partial charge in [-0.05, 0) is 24.5 Å². The van der Waals surface area contributed by atoms with Crippen LogP contribution in [-0.4, -0.2) is 28.9 Å². The molecule has 0 aliphatic carbocycles. The Morgan fingerprint density at radius 1 is 1.61 bits per heavy atom. The standard InChI is InChI=1S/C14H17N3O/c1-10(2)13-7-12(3-5-16-13)14(18)17-6-4-11(8-15)9-17/h3,5,7,10-11H,4,6,9H2,1-2H3. The molecule has 0 spiro atoms. The number of amides is 1. The second-order valence-corrected chi connectivity index (χ2v) is 4.99. The molecule has 1 unspecified atom stereocenters. The van der Waals surface area contributed by atoms with Gasteiger partial charge in [-0.2, -0.15) is 5.26 Å². The third kappa shape index (κ3) is 2.51. The molecule has 4 heteroatoms. The van der Waals surface area contributed by atoms with Crippen LogP contribution in [0.2, 0.25) is 0 Å². The summed E-state index contributed by atoms with van der Waals surface area (Å²) in [5, 5.41) is 8.86. The minimum absolute atomic E-state index is 0.0112. The third-order valence-corrected chi connectivity index (χ3v) is 3.28. The molecule has 0 radical (unpaired) electrons. The number of rotatable bonds is 2. The molecular formula is C14H17N3O. The first-order valence-corrected chi connectivity index (χ1v) is 6.26. The van der Waals surface area contributed by atoms with Gasteiger partial charge in [0.25, 0.3) is 5.91 Å². The Hall–Kier alpha value is -1.89. The van der Waals surface area contributed by atoms with Gasteiger partial charge >= 0.3 is 0 Å². The van der Waals surface area contributed by atoms with Gasteiger partial charge in [-0.3, -0.25) is 9.78 Å². The van der Waals surface area contributed by atoms with Gasteiger partial charge in [-0.15, -0.1) is 0 Å². The molecule has 1 aliphatic heterocycles. The fourth-order valence-corrected chi connectivity index (χ4v) is 2.13. The predicted molar refractivity (Wildman–Crippen MR) is 67.9 cm³/mol. The van der Waals surface area contributed by atoms with E-state index in [1.165, 1.54) is 0 Å². The lowest BCUT2D eigenvalue weighted by Crippen LogP contribution is -2.28. The molecule has 1 amide bonds. The summed E-state index contributed by atoms with van der Waals surface area (Å²) in [6, 6.07) is 5.82. The van der Waals surface area contributed by atoms with Gasteiger partial charge in [-0.25, -0.2) is 0 Å². The summed E-state index contributed by atoms with van der Waals surface area (Å²) >= 11 is 0. The van der Waals surface area contributed by atoms with E-state index in [4.69, 9.17) is 5.26 Å². The van der Waals surface area contributed by atoms with E-state index >= 15 is 0 Å². The summed E-state index contributed by atoms with van der Waals surface area (Å²) in [6.45, 7) is 5.33. The molecule has 2 heterocycles. The first-order chi connectivity index (χ1) is 8.61. The van der Waals surface area contributed by atoms with Gasteiger partial charge in [0.05, 0.1) is 12.0 Å². The minimum Gasteiger partial charge on any atom is -0.337 e. The molecule has 0 aromatic carbocycles. The van der Waals surface area contributed by atoms with Crippen molar-refractivity contribution in [2.75, 3.05) is 13.1 Å². The van der Waals surface area contributed by atoms with Crippen molar-refractivity contribution >= 4 is 5.91 Å². The van der Waals surface area contributed by atoms with E-state index < -0.39 is 0 Å². The largest absolute Gasteiger partial charge is 0.337 e. The summed E-state index contributed by atoms with van der Waals surface area (Å²) in [7, 11) is 0. The monoisotopic (exact) mass is 243 g/mol. The predicted octanol–water partition coefficient (Wildman–Crippen LogP) is 2.19. The summed E-state index contributed by atoms with van der Waals surface area (Å²) in [5.74, 6) is 0.306. The first kappa shape index (κ1) is 12.6. The van der Waals surface area contributed by atoms with Crippen LogP contribution < -0.4 is 0 Å². The van der Waals surface area contributed by atoms with E-state index in [0.29, 0.717) is 24.6 Å². The molecule has 1 aliphatic rings. The van der Waals surface area contributed by atoms with Crippen LogP contribution in [0.15, 0.2) is 18.3 Å². The highest BCUT2D eigenvalue weighted by molar-refractivity contribution is 5.94. The quantitative estimate of drug-likeness (QED) is 0.800. The highest BCUT2D eigenvalue weighted by Gasteiger charge is 2.26. The molecule has 18 heavy (non-hydrogen) atoms. The van der Waals surface area contributed by atoms with Gasteiger partial charge in [0, 0.05) is 30.5 Å². The topological polar surface area (TPSA) is 57.0 Å². The van der Waals surface area contributed by atoms with Gasteiger partial charge in [-0.1, -0.05) is 13.8 Å². The van der Waals surface area contributed by atoms with Crippen molar-refractivity contribution in [3.63, 3.8) is 0 Å². The molecule has 4 nitrogen and oxygen atoms in total. The molecular weight excluding hydrogens is 226 g/mol. The van der Waals surface area contributed by atoms with E-state index in [9.17, 15) is 4.79 Å². The fraction of sp³-hybridized carbons (Fsp3) is 0.500. The fourth-order valence-electron chi connectivity index (χ4n) is 2.13. The van der Waals surface area contributed by atoms with Gasteiger partial charge in [0.1, 0.15) is 0 Å². The van der Waals surface area contributed by atoms with Crippen LogP contribution in [-0.2, 0) is 0 Å². The van der Waals surface area contributed by atoms with Gasteiger partial charge < -0.3 is 4.90 Å². The Balaban J connectivity index is 2.15. The average Bonchev–Trinajstić information content (AvgIpc) is 2.86. The highest BCUT2D eigenvalue weighted by atomic mass is 16.2. The van der Waals surface area contributed by atoms with Crippen LogP contribution in [0.4, 0.5) is 0 Å². The molecule has 1 aromatic heterocycles. The smallest absolute Gasteiger partial charge is 0.254 e. The lowest BCUT2D eigenvalue weighted by atomic mass is 10.1. The van der Waals surface area contributed by atoms with E-state index in [0.717, 1.165) is 12.1 Å². The van der Waals surface area contributed by atoms with Crippen molar-refractivity contribution in [1.29, 1.82) is 5.26 Å². The van der Waals surface area contributed by atoms with E-state index in [2.05, 4.69) is 24.9 Å². The lowest BCUT2D eigenvalue weighted by molar-refractivity contribution is 0.0789. The Bertz CT molecular complexity index is 490. The first-order valence-electron chi connectivity index (χ1n) is 6.26. The Kier molecular flexibility index (Phi) is 3.61. The Labute approximate surface area is 107 Å². The number of hydrogen-bond donors (Lipinski definition) is 0. The van der Waals surface area contributed by atoms with Crippen LogP contribution in [0.3, 0.4) is 0 Å². The Morgan fingerprint density at radius 2 is 2.39 bits per heavy atom. The van der Waals surface area contributed by atoms with Gasteiger partial charge in [0.15, 0.2) is 0 Å². The molecule has 1 aromatic rings. The highest BCUT2D eigenvalue weighted by Crippen LogP contribution is 2.19. The minimum atomic E-state index is -0.0136. The summed E-state index contributed by atoms with van der Waals surface area (Å²) in [5.41, 5.74) is 1.60. The van der Waals surface area contributed by atoms with Crippen molar-refractivity contribution < 1.29 is 4.79 Å². The molecule has 0 saturated carbocycles. The summed E-state index contributed by atoms with van der Waals surface area (Å²) < 4.78 is 0. The number of aromatic nitrogens is 1. The maximum atomic E-state index is 12.3. The Morgan fingerprint density at radius 3 is 3.00 bits per heavy atom. The normalized spacial score (nSPS) is 19.0. The molecule has 2 rings (SSSR count). The second kappa shape index (κ2) is 5.18.